The first kappa shape index (κ1) is 13.9. The molecule has 1 rings (SSSR count). The lowest BCUT2D eigenvalue weighted by Crippen LogP contribution is -2.46. The predicted octanol–water partition coefficient (Wildman–Crippen LogP) is -0.0997. The van der Waals surface area contributed by atoms with Crippen molar-refractivity contribution in [1.29, 1.82) is 0 Å². The zero-order valence-electron chi connectivity index (χ0n) is 9.80. The third-order valence-electron chi connectivity index (χ3n) is 3.22. The second-order valence-electron chi connectivity index (χ2n) is 4.36. The van der Waals surface area contributed by atoms with Crippen LogP contribution in [0.15, 0.2) is 0 Å². The van der Waals surface area contributed by atoms with Gasteiger partial charge < -0.3 is 10.8 Å². The van der Waals surface area contributed by atoms with Crippen molar-refractivity contribution in [2.24, 2.45) is 5.73 Å². The molecule has 0 spiro atoms. The predicted molar refractivity (Wildman–Crippen MR) is 63.5 cm³/mol. The van der Waals surface area contributed by atoms with Crippen LogP contribution in [0.25, 0.3) is 0 Å². The number of hydrogen-bond acceptors (Lipinski definition) is 4. The van der Waals surface area contributed by atoms with Crippen LogP contribution >= 0.6 is 0 Å². The first-order chi connectivity index (χ1) is 7.54. The lowest BCUT2D eigenvalue weighted by atomic mass is 10.2. The fourth-order valence-electron chi connectivity index (χ4n) is 2.16. The molecule has 1 fully saturated rings. The fraction of sp³-hybridized carbons (Fsp3) is 1.00. The summed E-state index contributed by atoms with van der Waals surface area (Å²) in [5.41, 5.74) is 5.42. The number of nitrogens with zero attached hydrogens (tertiary/aromatic N) is 1. The fourth-order valence-corrected chi connectivity index (χ4v) is 3.83. The largest absolute Gasteiger partial charge is 0.395 e. The van der Waals surface area contributed by atoms with Gasteiger partial charge >= 0.3 is 0 Å². The van der Waals surface area contributed by atoms with E-state index in [1.54, 1.807) is 6.92 Å². The molecule has 0 saturated heterocycles. The van der Waals surface area contributed by atoms with Crippen molar-refractivity contribution in [1.82, 2.24) is 4.31 Å². The standard InChI is InChI=1S/C10H22N2O3S/c1-9(8-11)16(14,15)12(6-7-13)10-4-2-3-5-10/h9-10,13H,2-8,11H2,1H3. The van der Waals surface area contributed by atoms with E-state index in [0.717, 1.165) is 25.7 Å². The van der Waals surface area contributed by atoms with Crippen molar-refractivity contribution in [3.8, 4) is 0 Å². The zero-order valence-corrected chi connectivity index (χ0v) is 10.6. The number of sulfonamides is 1. The monoisotopic (exact) mass is 250 g/mol. The van der Waals surface area contributed by atoms with Crippen molar-refractivity contribution in [3.63, 3.8) is 0 Å². The SMILES string of the molecule is CC(CN)S(=O)(=O)N(CCO)C1CCCC1. The average molecular weight is 250 g/mol. The van der Waals surface area contributed by atoms with Gasteiger partial charge in [0, 0.05) is 19.1 Å². The summed E-state index contributed by atoms with van der Waals surface area (Å²) in [7, 11) is -3.35. The molecule has 0 aliphatic heterocycles. The van der Waals surface area contributed by atoms with Crippen LogP contribution in [0.4, 0.5) is 0 Å². The summed E-state index contributed by atoms with van der Waals surface area (Å²) in [5.74, 6) is 0. The molecule has 96 valence electrons. The van der Waals surface area contributed by atoms with E-state index in [2.05, 4.69) is 0 Å². The van der Waals surface area contributed by atoms with Crippen LogP contribution < -0.4 is 5.73 Å². The molecule has 0 radical (unpaired) electrons. The molecule has 16 heavy (non-hydrogen) atoms. The Balaban J connectivity index is 2.83. The van der Waals surface area contributed by atoms with Gasteiger partial charge in [-0.25, -0.2) is 8.42 Å². The molecule has 0 aromatic heterocycles. The molecule has 1 aliphatic rings. The van der Waals surface area contributed by atoms with Crippen LogP contribution in [0, 0.1) is 0 Å². The van der Waals surface area contributed by atoms with Gasteiger partial charge in [0.2, 0.25) is 10.0 Å². The van der Waals surface area contributed by atoms with E-state index < -0.39 is 15.3 Å². The van der Waals surface area contributed by atoms with E-state index in [-0.39, 0.29) is 25.7 Å². The maximum Gasteiger partial charge on any atom is 0.218 e. The lowest BCUT2D eigenvalue weighted by molar-refractivity contribution is 0.225. The highest BCUT2D eigenvalue weighted by atomic mass is 32.2. The van der Waals surface area contributed by atoms with Gasteiger partial charge in [-0.1, -0.05) is 12.8 Å². The minimum absolute atomic E-state index is 0.0612. The van der Waals surface area contributed by atoms with Gasteiger partial charge in [0.15, 0.2) is 0 Å². The van der Waals surface area contributed by atoms with Gasteiger partial charge in [-0.3, -0.25) is 0 Å². The van der Waals surface area contributed by atoms with Crippen LogP contribution in [0.3, 0.4) is 0 Å². The van der Waals surface area contributed by atoms with Gasteiger partial charge in [-0.05, 0) is 19.8 Å². The number of rotatable bonds is 6. The summed E-state index contributed by atoms with van der Waals surface area (Å²) in [6, 6.07) is 0.0612. The molecule has 1 saturated carbocycles. The summed E-state index contributed by atoms with van der Waals surface area (Å²) in [6.45, 7) is 1.80. The Kier molecular flexibility index (Phi) is 5.17. The van der Waals surface area contributed by atoms with E-state index in [4.69, 9.17) is 10.8 Å². The number of nitrogens with two attached hydrogens (primary N) is 1. The van der Waals surface area contributed by atoms with E-state index in [0.29, 0.717) is 0 Å². The molecular weight excluding hydrogens is 228 g/mol. The maximum absolute atomic E-state index is 12.2. The number of aliphatic hydroxyl groups is 1. The molecule has 0 amide bonds. The van der Waals surface area contributed by atoms with E-state index in [1.165, 1.54) is 4.31 Å². The van der Waals surface area contributed by atoms with Crippen LogP contribution in [-0.2, 0) is 10.0 Å². The topological polar surface area (TPSA) is 83.6 Å². The first-order valence-electron chi connectivity index (χ1n) is 5.85. The highest BCUT2D eigenvalue weighted by molar-refractivity contribution is 7.89. The molecule has 0 bridgehead atoms. The summed E-state index contributed by atoms with van der Waals surface area (Å²) >= 11 is 0. The quantitative estimate of drug-likeness (QED) is 0.689. The molecule has 0 heterocycles. The van der Waals surface area contributed by atoms with Gasteiger partial charge in [-0.15, -0.1) is 0 Å². The molecule has 1 atom stereocenters. The molecule has 0 aromatic rings. The minimum atomic E-state index is -3.35. The molecule has 6 heteroatoms. The normalized spacial score (nSPS) is 20.5. The van der Waals surface area contributed by atoms with Crippen molar-refractivity contribution >= 4 is 10.0 Å². The summed E-state index contributed by atoms with van der Waals surface area (Å²) in [4.78, 5) is 0. The third kappa shape index (κ3) is 2.94. The summed E-state index contributed by atoms with van der Waals surface area (Å²) in [5, 5.41) is 8.41. The Bertz CT molecular complexity index is 299. The molecule has 1 aliphatic carbocycles. The second kappa shape index (κ2) is 5.95. The van der Waals surface area contributed by atoms with E-state index >= 15 is 0 Å². The van der Waals surface area contributed by atoms with Crippen LogP contribution in [0.5, 0.6) is 0 Å². The zero-order chi connectivity index (χ0) is 12.2. The third-order valence-corrected chi connectivity index (χ3v) is 5.56. The Hall–Kier alpha value is -0.170. The first-order valence-corrected chi connectivity index (χ1v) is 7.36. The summed E-state index contributed by atoms with van der Waals surface area (Å²) < 4.78 is 25.8. The molecule has 3 N–H and O–H groups in total. The van der Waals surface area contributed by atoms with Crippen molar-refractivity contribution in [2.45, 2.75) is 43.9 Å². The van der Waals surface area contributed by atoms with Crippen LogP contribution in [-0.4, -0.2) is 48.8 Å². The van der Waals surface area contributed by atoms with E-state index in [9.17, 15) is 8.42 Å². The van der Waals surface area contributed by atoms with Gasteiger partial charge in [0.25, 0.3) is 0 Å². The van der Waals surface area contributed by atoms with Gasteiger partial charge in [-0.2, -0.15) is 4.31 Å². The number of aliphatic hydroxyl groups excluding tert-OH is 1. The van der Waals surface area contributed by atoms with Crippen molar-refractivity contribution in [2.75, 3.05) is 19.7 Å². The highest BCUT2D eigenvalue weighted by Gasteiger charge is 2.34. The van der Waals surface area contributed by atoms with Crippen molar-refractivity contribution < 1.29 is 13.5 Å². The van der Waals surface area contributed by atoms with Crippen LogP contribution in [0.2, 0.25) is 0 Å². The molecule has 1 unspecified atom stereocenters. The lowest BCUT2D eigenvalue weighted by Gasteiger charge is -2.29. The maximum atomic E-state index is 12.2. The molecule has 5 nitrogen and oxygen atoms in total. The molecular formula is C10H22N2O3S. The van der Waals surface area contributed by atoms with E-state index in [1.807, 2.05) is 0 Å². The Labute approximate surface area is 97.7 Å². The Morgan fingerprint density at radius 3 is 2.44 bits per heavy atom. The van der Waals surface area contributed by atoms with Crippen molar-refractivity contribution in [3.05, 3.63) is 0 Å². The Morgan fingerprint density at radius 2 is 2.00 bits per heavy atom. The minimum Gasteiger partial charge on any atom is -0.395 e. The summed E-state index contributed by atoms with van der Waals surface area (Å²) in [6.07, 6.45) is 3.94. The molecule has 0 aromatic carbocycles. The van der Waals surface area contributed by atoms with Gasteiger partial charge in [0.1, 0.15) is 0 Å². The van der Waals surface area contributed by atoms with Gasteiger partial charge in [0.05, 0.1) is 11.9 Å². The second-order valence-corrected chi connectivity index (χ2v) is 6.67. The number of hydrogen-bond donors (Lipinski definition) is 2. The van der Waals surface area contributed by atoms with Crippen LogP contribution in [0.1, 0.15) is 32.6 Å². The Morgan fingerprint density at radius 1 is 1.44 bits per heavy atom. The smallest absolute Gasteiger partial charge is 0.218 e. The highest BCUT2D eigenvalue weighted by Crippen LogP contribution is 2.26. The average Bonchev–Trinajstić information content (AvgIpc) is 2.77.